The van der Waals surface area contributed by atoms with E-state index in [-0.39, 0.29) is 5.82 Å². The van der Waals surface area contributed by atoms with Crippen LogP contribution in [0.2, 0.25) is 5.15 Å². The second-order valence-corrected chi connectivity index (χ2v) is 4.55. The molecule has 0 radical (unpaired) electrons. The van der Waals surface area contributed by atoms with Crippen LogP contribution < -0.4 is 0 Å². The van der Waals surface area contributed by atoms with Gasteiger partial charge in [-0.3, -0.25) is 0 Å². The van der Waals surface area contributed by atoms with Gasteiger partial charge in [0.25, 0.3) is 0 Å². The van der Waals surface area contributed by atoms with E-state index in [0.717, 1.165) is 22.2 Å². The molecule has 0 atom stereocenters. The van der Waals surface area contributed by atoms with Gasteiger partial charge < -0.3 is 4.57 Å². The summed E-state index contributed by atoms with van der Waals surface area (Å²) in [5.41, 5.74) is 2.81. The molecule has 0 amide bonds. The summed E-state index contributed by atoms with van der Waals surface area (Å²) in [4.78, 5) is 4.29. The summed E-state index contributed by atoms with van der Waals surface area (Å²) in [5, 5.41) is 1.47. The molecular weight excluding hydrogens is 251 g/mol. The van der Waals surface area contributed by atoms with Crippen molar-refractivity contribution in [2.24, 2.45) is 7.05 Å². The number of aromatic nitrogens is 2. The standard InChI is InChI=1S/C14H10ClFN2/c1-18-8-12(9-2-4-10(16)5-3-9)11-6-7-13(15)17-14(11)18/h2-8H,1H3. The first-order valence-electron chi connectivity index (χ1n) is 5.52. The summed E-state index contributed by atoms with van der Waals surface area (Å²) in [7, 11) is 1.92. The fraction of sp³-hybridized carbons (Fsp3) is 0.0714. The molecule has 0 bridgehead atoms. The van der Waals surface area contributed by atoms with Gasteiger partial charge in [-0.1, -0.05) is 23.7 Å². The Morgan fingerprint density at radius 1 is 1.11 bits per heavy atom. The summed E-state index contributed by atoms with van der Waals surface area (Å²) < 4.78 is 14.9. The Bertz CT molecular complexity index is 716. The maximum Gasteiger partial charge on any atom is 0.142 e. The molecule has 0 unspecified atom stereocenters. The van der Waals surface area contributed by atoms with Crippen molar-refractivity contribution in [3.8, 4) is 11.1 Å². The Morgan fingerprint density at radius 2 is 1.83 bits per heavy atom. The Kier molecular flexibility index (Phi) is 2.56. The SMILES string of the molecule is Cn1cc(-c2ccc(F)cc2)c2ccc(Cl)nc21. The number of aryl methyl sites for hydroxylation is 1. The smallest absolute Gasteiger partial charge is 0.142 e. The molecule has 0 fully saturated rings. The Hall–Kier alpha value is -1.87. The van der Waals surface area contributed by atoms with Gasteiger partial charge in [-0.25, -0.2) is 9.37 Å². The van der Waals surface area contributed by atoms with Gasteiger partial charge >= 0.3 is 0 Å². The number of rotatable bonds is 1. The lowest BCUT2D eigenvalue weighted by atomic mass is 10.1. The molecule has 2 aromatic heterocycles. The van der Waals surface area contributed by atoms with Gasteiger partial charge in [-0.2, -0.15) is 0 Å². The van der Waals surface area contributed by atoms with Crippen molar-refractivity contribution >= 4 is 22.6 Å². The molecule has 0 aliphatic heterocycles. The molecule has 0 aliphatic carbocycles. The van der Waals surface area contributed by atoms with Crippen LogP contribution in [0, 0.1) is 5.82 Å². The number of hydrogen-bond acceptors (Lipinski definition) is 1. The van der Waals surface area contributed by atoms with Crippen molar-refractivity contribution in [1.29, 1.82) is 0 Å². The topological polar surface area (TPSA) is 17.8 Å². The average Bonchev–Trinajstić information content (AvgIpc) is 2.68. The molecule has 0 N–H and O–H groups in total. The van der Waals surface area contributed by atoms with Crippen LogP contribution in [0.5, 0.6) is 0 Å². The van der Waals surface area contributed by atoms with Gasteiger partial charge in [0.1, 0.15) is 16.6 Å². The van der Waals surface area contributed by atoms with Gasteiger partial charge in [0.2, 0.25) is 0 Å². The van der Waals surface area contributed by atoms with Crippen molar-refractivity contribution < 1.29 is 4.39 Å². The Balaban J connectivity index is 2.26. The Morgan fingerprint density at radius 3 is 2.56 bits per heavy atom. The monoisotopic (exact) mass is 260 g/mol. The number of halogens is 2. The zero-order chi connectivity index (χ0) is 12.7. The fourth-order valence-corrected chi connectivity index (χ4v) is 2.23. The first-order chi connectivity index (χ1) is 8.65. The third-order valence-electron chi connectivity index (χ3n) is 2.94. The van der Waals surface area contributed by atoms with E-state index < -0.39 is 0 Å². The van der Waals surface area contributed by atoms with E-state index in [2.05, 4.69) is 4.98 Å². The lowest BCUT2D eigenvalue weighted by Crippen LogP contribution is -1.86. The highest BCUT2D eigenvalue weighted by Gasteiger charge is 2.10. The number of fused-ring (bicyclic) bond motifs is 1. The fourth-order valence-electron chi connectivity index (χ4n) is 2.09. The number of hydrogen-bond donors (Lipinski definition) is 0. The predicted molar refractivity (Wildman–Crippen MR) is 71.1 cm³/mol. The molecule has 3 rings (SSSR count). The van der Waals surface area contributed by atoms with E-state index in [1.165, 1.54) is 12.1 Å². The van der Waals surface area contributed by atoms with Crippen molar-refractivity contribution in [2.75, 3.05) is 0 Å². The molecule has 4 heteroatoms. The summed E-state index contributed by atoms with van der Waals surface area (Å²) in [6.45, 7) is 0. The summed E-state index contributed by atoms with van der Waals surface area (Å²) in [5.74, 6) is -0.236. The summed E-state index contributed by atoms with van der Waals surface area (Å²) in [6.07, 6.45) is 1.97. The van der Waals surface area contributed by atoms with Crippen LogP contribution >= 0.6 is 11.6 Å². The van der Waals surface area contributed by atoms with Crippen molar-refractivity contribution in [2.45, 2.75) is 0 Å². The minimum Gasteiger partial charge on any atom is -0.335 e. The van der Waals surface area contributed by atoms with E-state index in [1.807, 2.05) is 23.9 Å². The number of nitrogens with zero attached hydrogens (tertiary/aromatic N) is 2. The zero-order valence-corrected chi connectivity index (χ0v) is 10.4. The first-order valence-corrected chi connectivity index (χ1v) is 5.90. The Labute approximate surface area is 109 Å². The van der Waals surface area contributed by atoms with Crippen molar-refractivity contribution in [3.63, 3.8) is 0 Å². The lowest BCUT2D eigenvalue weighted by Gasteiger charge is -1.99. The van der Waals surface area contributed by atoms with E-state index in [1.54, 1.807) is 18.2 Å². The van der Waals surface area contributed by atoms with Crippen LogP contribution in [-0.2, 0) is 7.05 Å². The minimum absolute atomic E-state index is 0.236. The highest BCUT2D eigenvalue weighted by Crippen LogP contribution is 2.30. The van der Waals surface area contributed by atoms with Crippen LogP contribution in [0.15, 0.2) is 42.6 Å². The second-order valence-electron chi connectivity index (χ2n) is 4.17. The molecule has 18 heavy (non-hydrogen) atoms. The predicted octanol–water partition coefficient (Wildman–Crippen LogP) is 4.03. The van der Waals surface area contributed by atoms with E-state index in [9.17, 15) is 4.39 Å². The maximum atomic E-state index is 12.9. The molecule has 2 heterocycles. The quantitative estimate of drug-likeness (QED) is 0.604. The second kappa shape index (κ2) is 4.10. The molecule has 0 aliphatic rings. The van der Waals surface area contributed by atoms with Gasteiger partial charge in [0, 0.05) is 24.2 Å². The zero-order valence-electron chi connectivity index (χ0n) is 9.69. The highest BCUT2D eigenvalue weighted by atomic mass is 35.5. The minimum atomic E-state index is -0.236. The normalized spacial score (nSPS) is 11.1. The van der Waals surface area contributed by atoms with Gasteiger partial charge in [-0.05, 0) is 29.8 Å². The third-order valence-corrected chi connectivity index (χ3v) is 3.15. The molecule has 3 aromatic rings. The van der Waals surface area contributed by atoms with Crippen LogP contribution in [-0.4, -0.2) is 9.55 Å². The largest absolute Gasteiger partial charge is 0.335 e. The molecule has 0 spiro atoms. The molecular formula is C14H10ClFN2. The third kappa shape index (κ3) is 1.77. The van der Waals surface area contributed by atoms with E-state index >= 15 is 0 Å². The first kappa shape index (κ1) is 11.2. The molecule has 1 aromatic carbocycles. The van der Waals surface area contributed by atoms with Crippen LogP contribution in [0.3, 0.4) is 0 Å². The summed E-state index contributed by atoms with van der Waals surface area (Å²) in [6, 6.07) is 10.1. The van der Waals surface area contributed by atoms with E-state index in [0.29, 0.717) is 5.15 Å². The van der Waals surface area contributed by atoms with Gasteiger partial charge in [0.05, 0.1) is 0 Å². The average molecular weight is 261 g/mol. The molecule has 90 valence electrons. The van der Waals surface area contributed by atoms with Gasteiger partial charge in [0.15, 0.2) is 0 Å². The highest BCUT2D eigenvalue weighted by molar-refractivity contribution is 6.29. The number of pyridine rings is 1. The lowest BCUT2D eigenvalue weighted by molar-refractivity contribution is 0.628. The maximum absolute atomic E-state index is 12.9. The van der Waals surface area contributed by atoms with E-state index in [4.69, 9.17) is 11.6 Å². The molecule has 2 nitrogen and oxygen atoms in total. The van der Waals surface area contributed by atoms with Crippen LogP contribution in [0.4, 0.5) is 4.39 Å². The van der Waals surface area contributed by atoms with Gasteiger partial charge in [-0.15, -0.1) is 0 Å². The van der Waals surface area contributed by atoms with Crippen molar-refractivity contribution in [1.82, 2.24) is 9.55 Å². The molecule has 0 saturated carbocycles. The van der Waals surface area contributed by atoms with Crippen LogP contribution in [0.25, 0.3) is 22.2 Å². The number of benzene rings is 1. The van der Waals surface area contributed by atoms with Crippen molar-refractivity contribution in [3.05, 3.63) is 53.6 Å². The van der Waals surface area contributed by atoms with Crippen LogP contribution in [0.1, 0.15) is 0 Å². The molecule has 0 saturated heterocycles. The summed E-state index contributed by atoms with van der Waals surface area (Å²) >= 11 is 5.89.